The molecule has 1 aliphatic carbocycles. The summed E-state index contributed by atoms with van der Waals surface area (Å²) in [6.07, 6.45) is 9.71. The summed E-state index contributed by atoms with van der Waals surface area (Å²) >= 11 is 0. The normalized spacial score (nSPS) is 23.5. The molecule has 0 N–H and O–H groups in total. The van der Waals surface area contributed by atoms with Crippen molar-refractivity contribution in [2.45, 2.75) is 58.3 Å². The summed E-state index contributed by atoms with van der Waals surface area (Å²) in [7, 11) is 0. The molecule has 24 heavy (non-hydrogen) atoms. The monoisotopic (exact) mass is 349 g/mol. The Morgan fingerprint density at radius 3 is 2.33 bits per heavy atom. The van der Waals surface area contributed by atoms with E-state index in [1.165, 1.54) is 57.2 Å². The van der Waals surface area contributed by atoms with Crippen molar-refractivity contribution in [3.8, 4) is 0 Å². The van der Waals surface area contributed by atoms with E-state index in [0.29, 0.717) is 12.2 Å². The zero-order valence-corrected chi connectivity index (χ0v) is 15.8. The Morgan fingerprint density at radius 1 is 1.08 bits per heavy atom. The molecule has 1 aromatic carbocycles. The quantitative estimate of drug-likeness (QED) is 0.635. The van der Waals surface area contributed by atoms with Gasteiger partial charge in [0.05, 0.1) is 0 Å². The first-order valence-electron chi connectivity index (χ1n) is 9.59. The van der Waals surface area contributed by atoms with E-state index in [4.69, 9.17) is 0 Å². The molecule has 0 amide bonds. The van der Waals surface area contributed by atoms with Gasteiger partial charge in [0.1, 0.15) is 0 Å². The van der Waals surface area contributed by atoms with Crippen molar-refractivity contribution in [3.63, 3.8) is 0 Å². The lowest BCUT2D eigenvalue weighted by atomic mass is 9.84. The fraction of sp³-hybridized carbons (Fsp3) is 0.667. The van der Waals surface area contributed by atoms with E-state index in [1.54, 1.807) is 0 Å². The van der Waals surface area contributed by atoms with Crippen molar-refractivity contribution >= 4 is 18.2 Å². The minimum atomic E-state index is 0. The highest BCUT2D eigenvalue weighted by Crippen LogP contribution is 2.33. The maximum atomic E-state index is 12.7. The molecule has 2 bridgehead atoms. The van der Waals surface area contributed by atoms with Gasteiger partial charge in [0.25, 0.3) is 0 Å². The smallest absolute Gasteiger partial charge is 0.164 e. The van der Waals surface area contributed by atoms with Crippen LogP contribution in [0, 0.1) is 11.8 Å². The number of fused-ring (bicyclic) bond motifs is 4. The predicted molar refractivity (Wildman–Crippen MR) is 103 cm³/mol. The molecule has 0 unspecified atom stereocenters. The van der Waals surface area contributed by atoms with E-state index in [1.807, 2.05) is 12.1 Å². The van der Waals surface area contributed by atoms with Crippen molar-refractivity contribution in [1.82, 2.24) is 4.90 Å². The first kappa shape index (κ1) is 19.5. The highest BCUT2D eigenvalue weighted by atomic mass is 35.5. The molecular weight excluding hydrogens is 318 g/mol. The van der Waals surface area contributed by atoms with Crippen LogP contribution in [0.3, 0.4) is 0 Å². The number of ketones is 1. The Balaban J connectivity index is 0.00000208. The number of hydrogen-bond acceptors (Lipinski definition) is 2. The van der Waals surface area contributed by atoms with Gasteiger partial charge in [-0.3, -0.25) is 4.79 Å². The summed E-state index contributed by atoms with van der Waals surface area (Å²) in [4.78, 5) is 15.3. The fourth-order valence-corrected chi connectivity index (χ4v) is 4.36. The number of aryl methyl sites for hydroxylation is 1. The van der Waals surface area contributed by atoms with Gasteiger partial charge in [0, 0.05) is 31.6 Å². The van der Waals surface area contributed by atoms with Crippen molar-refractivity contribution in [1.29, 1.82) is 0 Å². The van der Waals surface area contributed by atoms with Gasteiger partial charge in [0.2, 0.25) is 0 Å². The lowest BCUT2D eigenvalue weighted by Gasteiger charge is -2.22. The molecule has 3 fully saturated rings. The van der Waals surface area contributed by atoms with Crippen LogP contribution in [-0.2, 0) is 6.42 Å². The van der Waals surface area contributed by atoms with Crippen LogP contribution in [0.4, 0.5) is 0 Å². The molecule has 0 aromatic heterocycles. The van der Waals surface area contributed by atoms with E-state index in [0.717, 1.165) is 30.4 Å². The summed E-state index contributed by atoms with van der Waals surface area (Å²) < 4.78 is 0. The third-order valence-electron chi connectivity index (χ3n) is 5.77. The SMILES string of the molecule is CCCCc1ccccc1C(=O)CCN1CC2CCC(CC2)C1.Cl. The lowest BCUT2D eigenvalue weighted by Crippen LogP contribution is -2.30. The topological polar surface area (TPSA) is 20.3 Å². The average Bonchev–Trinajstić information content (AvgIpc) is 2.91. The Bertz CT molecular complexity index is 508. The molecule has 0 atom stereocenters. The van der Waals surface area contributed by atoms with Crippen LogP contribution in [0.25, 0.3) is 0 Å². The fourth-order valence-electron chi connectivity index (χ4n) is 4.36. The molecule has 2 aliphatic heterocycles. The largest absolute Gasteiger partial charge is 0.302 e. The number of benzene rings is 1. The third kappa shape index (κ3) is 5.07. The van der Waals surface area contributed by atoms with E-state index in [-0.39, 0.29) is 12.4 Å². The Hall–Kier alpha value is -0.860. The number of unbranched alkanes of at least 4 members (excludes halogenated alkanes) is 1. The number of hydrogen-bond donors (Lipinski definition) is 0. The Kier molecular flexibility index (Phi) is 7.77. The molecule has 2 heterocycles. The number of halogens is 1. The molecule has 4 rings (SSSR count). The van der Waals surface area contributed by atoms with Crippen molar-refractivity contribution in [3.05, 3.63) is 35.4 Å². The first-order chi connectivity index (χ1) is 11.3. The Morgan fingerprint density at radius 2 is 1.71 bits per heavy atom. The minimum absolute atomic E-state index is 0. The van der Waals surface area contributed by atoms with Crippen LogP contribution >= 0.6 is 12.4 Å². The molecule has 1 aromatic rings. The highest BCUT2D eigenvalue weighted by molar-refractivity contribution is 5.97. The van der Waals surface area contributed by atoms with Crippen LogP contribution in [0.5, 0.6) is 0 Å². The Labute approximate surface area is 153 Å². The maximum Gasteiger partial charge on any atom is 0.164 e. The second-order valence-corrected chi connectivity index (χ2v) is 7.58. The molecule has 134 valence electrons. The second-order valence-electron chi connectivity index (χ2n) is 7.58. The van der Waals surface area contributed by atoms with E-state index >= 15 is 0 Å². The van der Waals surface area contributed by atoms with E-state index in [9.17, 15) is 4.79 Å². The summed E-state index contributed by atoms with van der Waals surface area (Å²) in [5, 5.41) is 0. The molecular formula is C21H32ClNO. The summed E-state index contributed by atoms with van der Waals surface area (Å²) in [5.41, 5.74) is 2.22. The molecule has 2 nitrogen and oxygen atoms in total. The number of nitrogens with zero attached hydrogens (tertiary/aromatic N) is 1. The second kappa shape index (κ2) is 9.58. The van der Waals surface area contributed by atoms with Crippen LogP contribution in [0.2, 0.25) is 0 Å². The van der Waals surface area contributed by atoms with Gasteiger partial charge in [-0.2, -0.15) is 0 Å². The molecule has 0 spiro atoms. The van der Waals surface area contributed by atoms with Crippen LogP contribution < -0.4 is 0 Å². The van der Waals surface area contributed by atoms with Gasteiger partial charge >= 0.3 is 0 Å². The molecule has 3 aliphatic rings. The van der Waals surface area contributed by atoms with Crippen LogP contribution in [0.15, 0.2) is 24.3 Å². The number of Topliss-reactive ketones (excluding diaryl/α,β-unsaturated/α-hetero) is 1. The molecule has 1 saturated carbocycles. The van der Waals surface area contributed by atoms with E-state index < -0.39 is 0 Å². The standard InChI is InChI=1S/C21H31NO.ClH/c1-2-3-6-19-7-4-5-8-20(19)21(23)13-14-22-15-17-9-10-18(16-22)12-11-17;/h4-5,7-8,17-18H,2-3,6,9-16H2,1H3;1H. The maximum absolute atomic E-state index is 12.7. The first-order valence-corrected chi connectivity index (χ1v) is 9.59. The highest BCUT2D eigenvalue weighted by Gasteiger charge is 2.29. The summed E-state index contributed by atoms with van der Waals surface area (Å²) in [6, 6.07) is 8.23. The van der Waals surface area contributed by atoms with Crippen LogP contribution in [-0.4, -0.2) is 30.3 Å². The molecule has 3 heteroatoms. The third-order valence-corrected chi connectivity index (χ3v) is 5.77. The zero-order chi connectivity index (χ0) is 16.1. The van der Waals surface area contributed by atoms with Crippen molar-refractivity contribution in [2.75, 3.05) is 19.6 Å². The lowest BCUT2D eigenvalue weighted by molar-refractivity contribution is 0.0960. The van der Waals surface area contributed by atoms with Crippen molar-refractivity contribution in [2.24, 2.45) is 11.8 Å². The van der Waals surface area contributed by atoms with Gasteiger partial charge in [-0.15, -0.1) is 12.4 Å². The molecule has 0 radical (unpaired) electrons. The number of rotatable bonds is 7. The number of carbonyl (C=O) groups is 1. The number of carbonyl (C=O) groups excluding carboxylic acids is 1. The van der Waals surface area contributed by atoms with Gasteiger partial charge in [0.15, 0.2) is 5.78 Å². The summed E-state index contributed by atoms with van der Waals surface area (Å²) in [5.74, 6) is 2.12. The summed E-state index contributed by atoms with van der Waals surface area (Å²) in [6.45, 7) is 5.61. The van der Waals surface area contributed by atoms with Gasteiger partial charge in [-0.05, 0) is 55.9 Å². The van der Waals surface area contributed by atoms with Crippen LogP contribution in [0.1, 0.15) is 67.8 Å². The van der Waals surface area contributed by atoms with E-state index in [2.05, 4.69) is 24.0 Å². The average molecular weight is 350 g/mol. The predicted octanol–water partition coefficient (Wildman–Crippen LogP) is 5.15. The van der Waals surface area contributed by atoms with Gasteiger partial charge < -0.3 is 4.90 Å². The zero-order valence-electron chi connectivity index (χ0n) is 15.0. The van der Waals surface area contributed by atoms with Crippen molar-refractivity contribution < 1.29 is 4.79 Å². The molecule has 2 saturated heterocycles. The minimum Gasteiger partial charge on any atom is -0.302 e. The van der Waals surface area contributed by atoms with Gasteiger partial charge in [-0.1, -0.05) is 37.6 Å². The van der Waals surface area contributed by atoms with Gasteiger partial charge in [-0.25, -0.2) is 0 Å².